The summed E-state index contributed by atoms with van der Waals surface area (Å²) in [5.41, 5.74) is 1.44. The van der Waals surface area contributed by atoms with E-state index in [9.17, 15) is 9.59 Å². The second kappa shape index (κ2) is 7.04. The molecule has 116 valence electrons. The molecule has 0 unspecified atom stereocenters. The van der Waals surface area contributed by atoms with Crippen LogP contribution < -0.4 is 10.6 Å². The molecular weight excluding hydrogens is 302 g/mol. The Morgan fingerprint density at radius 2 is 1.86 bits per heavy atom. The van der Waals surface area contributed by atoms with Crippen LogP contribution in [0.2, 0.25) is 0 Å². The van der Waals surface area contributed by atoms with Crippen LogP contribution in [0.1, 0.15) is 13.8 Å². The number of benzene rings is 1. The van der Waals surface area contributed by atoms with Crippen LogP contribution in [0, 0.1) is 5.92 Å². The Bertz CT molecular complexity index is 668. The van der Waals surface area contributed by atoms with Crippen molar-refractivity contribution in [1.82, 2.24) is 4.98 Å². The lowest BCUT2D eigenvalue weighted by Gasteiger charge is -2.03. The molecule has 7 heteroatoms. The Hall–Kier alpha value is -2.41. The Labute approximate surface area is 132 Å². The largest absolute Gasteiger partial charge is 0.453 e. The predicted octanol–water partition coefficient (Wildman–Crippen LogP) is 3.58. The smallest absolute Gasteiger partial charge is 0.412 e. The number of methoxy groups -OCH3 is 1. The molecule has 0 aliphatic heterocycles. The van der Waals surface area contributed by atoms with Gasteiger partial charge in [0, 0.05) is 11.5 Å². The minimum atomic E-state index is -0.581. The highest BCUT2D eigenvalue weighted by molar-refractivity contribution is 7.20. The normalized spacial score (nSPS) is 10.4. The summed E-state index contributed by atoms with van der Waals surface area (Å²) >= 11 is 1.19. The summed E-state index contributed by atoms with van der Waals surface area (Å²) in [6.45, 7) is 3.60. The van der Waals surface area contributed by atoms with Gasteiger partial charge in [-0.05, 0) is 0 Å². The Balaban J connectivity index is 2.35. The maximum Gasteiger partial charge on any atom is 0.412 e. The molecule has 6 nitrogen and oxygen atoms in total. The number of anilines is 2. The number of amides is 2. The number of nitrogens with one attached hydrogen (secondary N) is 2. The van der Waals surface area contributed by atoms with Gasteiger partial charge in [0.2, 0.25) is 5.91 Å². The van der Waals surface area contributed by atoms with E-state index in [1.165, 1.54) is 18.4 Å². The number of ether oxygens (including phenoxy) is 1. The van der Waals surface area contributed by atoms with Crippen LogP contribution in [0.25, 0.3) is 11.3 Å². The summed E-state index contributed by atoms with van der Waals surface area (Å²) in [6, 6.07) is 9.41. The fraction of sp³-hybridized carbons (Fsp3) is 0.267. The van der Waals surface area contributed by atoms with Crippen LogP contribution in [0.5, 0.6) is 0 Å². The third kappa shape index (κ3) is 3.82. The number of carbonyl (C=O) groups excluding carboxylic acids is 2. The van der Waals surface area contributed by atoms with Crippen LogP contribution in [0.4, 0.5) is 14.9 Å². The van der Waals surface area contributed by atoms with Gasteiger partial charge in [-0.15, -0.1) is 0 Å². The molecule has 2 amide bonds. The molecular formula is C15H17N3O3S. The first-order valence-electron chi connectivity index (χ1n) is 6.73. The molecule has 0 aliphatic carbocycles. The summed E-state index contributed by atoms with van der Waals surface area (Å²) in [5, 5.41) is 6.32. The van der Waals surface area contributed by atoms with E-state index in [-0.39, 0.29) is 11.8 Å². The van der Waals surface area contributed by atoms with Crippen LogP contribution in [-0.2, 0) is 9.53 Å². The lowest BCUT2D eigenvalue weighted by atomic mass is 10.2. The quantitative estimate of drug-likeness (QED) is 0.902. The Kier molecular flexibility index (Phi) is 5.11. The number of rotatable bonds is 4. The minimum Gasteiger partial charge on any atom is -0.453 e. The number of hydrogen-bond acceptors (Lipinski definition) is 5. The summed E-state index contributed by atoms with van der Waals surface area (Å²) in [4.78, 5) is 27.7. The summed E-state index contributed by atoms with van der Waals surface area (Å²) in [5.74, 6) is -0.279. The van der Waals surface area contributed by atoms with Gasteiger partial charge in [-0.3, -0.25) is 10.1 Å². The fourth-order valence-corrected chi connectivity index (χ4v) is 2.52. The lowest BCUT2D eigenvalue weighted by molar-refractivity contribution is -0.118. The molecule has 2 N–H and O–H groups in total. The third-order valence-corrected chi connectivity index (χ3v) is 3.72. The predicted molar refractivity (Wildman–Crippen MR) is 87.0 cm³/mol. The van der Waals surface area contributed by atoms with Crippen LogP contribution in [0.3, 0.4) is 0 Å². The maximum absolute atomic E-state index is 11.8. The monoisotopic (exact) mass is 319 g/mol. The first-order chi connectivity index (χ1) is 10.5. The van der Waals surface area contributed by atoms with E-state index in [4.69, 9.17) is 0 Å². The van der Waals surface area contributed by atoms with E-state index in [0.717, 1.165) is 5.56 Å². The van der Waals surface area contributed by atoms with Gasteiger partial charge < -0.3 is 10.1 Å². The number of thiazole rings is 1. The number of aromatic nitrogens is 1. The molecule has 0 spiro atoms. The summed E-state index contributed by atoms with van der Waals surface area (Å²) < 4.78 is 4.62. The minimum absolute atomic E-state index is 0.127. The van der Waals surface area contributed by atoms with Crippen LogP contribution in [0.15, 0.2) is 30.3 Å². The van der Waals surface area contributed by atoms with Gasteiger partial charge in [-0.2, -0.15) is 0 Å². The molecule has 0 atom stereocenters. The Morgan fingerprint density at radius 3 is 2.45 bits per heavy atom. The molecule has 0 saturated carbocycles. The summed E-state index contributed by atoms with van der Waals surface area (Å²) in [6.07, 6.45) is -0.581. The van der Waals surface area contributed by atoms with Gasteiger partial charge in [0.05, 0.1) is 7.11 Å². The topological polar surface area (TPSA) is 80.3 Å². The number of nitrogens with zero attached hydrogens (tertiary/aromatic N) is 1. The Morgan fingerprint density at radius 1 is 1.18 bits per heavy atom. The van der Waals surface area contributed by atoms with Gasteiger partial charge in [0.25, 0.3) is 0 Å². The molecule has 1 heterocycles. The van der Waals surface area contributed by atoms with Gasteiger partial charge in [0.1, 0.15) is 10.7 Å². The zero-order valence-electron chi connectivity index (χ0n) is 12.5. The van der Waals surface area contributed by atoms with E-state index in [0.29, 0.717) is 15.8 Å². The fourth-order valence-electron chi connectivity index (χ4n) is 1.64. The van der Waals surface area contributed by atoms with E-state index < -0.39 is 6.09 Å². The van der Waals surface area contributed by atoms with E-state index in [1.807, 2.05) is 30.3 Å². The first-order valence-corrected chi connectivity index (χ1v) is 7.55. The van der Waals surface area contributed by atoms with Crippen molar-refractivity contribution in [1.29, 1.82) is 0 Å². The molecule has 2 aromatic rings. The van der Waals surface area contributed by atoms with Crippen LogP contribution >= 0.6 is 11.3 Å². The van der Waals surface area contributed by atoms with Crippen molar-refractivity contribution in [2.24, 2.45) is 5.92 Å². The van der Waals surface area contributed by atoms with E-state index in [1.54, 1.807) is 13.8 Å². The average molecular weight is 319 g/mol. The molecule has 0 bridgehead atoms. The van der Waals surface area contributed by atoms with Crippen molar-refractivity contribution >= 4 is 33.5 Å². The highest BCUT2D eigenvalue weighted by Crippen LogP contribution is 2.36. The molecule has 1 aromatic carbocycles. The van der Waals surface area contributed by atoms with E-state index >= 15 is 0 Å². The molecule has 1 aromatic heterocycles. The summed E-state index contributed by atoms with van der Waals surface area (Å²) in [7, 11) is 1.29. The highest BCUT2D eigenvalue weighted by Gasteiger charge is 2.17. The number of hydrogen-bond donors (Lipinski definition) is 2. The van der Waals surface area contributed by atoms with Crippen molar-refractivity contribution in [3.8, 4) is 11.3 Å². The molecule has 0 radical (unpaired) electrons. The molecule has 0 saturated heterocycles. The molecule has 0 fully saturated rings. The maximum atomic E-state index is 11.8. The standard InChI is InChI=1S/C15H17N3O3S/c1-9(2)12(19)17-14-16-11(10-7-5-4-6-8-10)13(22-14)18-15(20)21-3/h4-9H,1-3H3,(H,18,20)(H,16,17,19). The third-order valence-electron chi connectivity index (χ3n) is 2.83. The van der Waals surface area contributed by atoms with Gasteiger partial charge >= 0.3 is 6.09 Å². The van der Waals surface area contributed by atoms with Crippen molar-refractivity contribution < 1.29 is 14.3 Å². The van der Waals surface area contributed by atoms with Crippen molar-refractivity contribution in [3.05, 3.63) is 30.3 Å². The molecule has 0 aliphatic rings. The average Bonchev–Trinajstić information content (AvgIpc) is 2.90. The second-order valence-electron chi connectivity index (χ2n) is 4.82. The lowest BCUT2D eigenvalue weighted by Crippen LogP contribution is -2.17. The van der Waals surface area contributed by atoms with Crippen molar-refractivity contribution in [2.75, 3.05) is 17.7 Å². The molecule has 2 rings (SSSR count). The van der Waals surface area contributed by atoms with Gasteiger partial charge in [-0.1, -0.05) is 55.5 Å². The zero-order chi connectivity index (χ0) is 16.1. The van der Waals surface area contributed by atoms with Crippen LogP contribution in [-0.4, -0.2) is 24.1 Å². The van der Waals surface area contributed by atoms with Crippen molar-refractivity contribution in [3.63, 3.8) is 0 Å². The molecule has 22 heavy (non-hydrogen) atoms. The SMILES string of the molecule is COC(=O)Nc1sc(NC(=O)C(C)C)nc1-c1ccccc1. The highest BCUT2D eigenvalue weighted by atomic mass is 32.1. The first kappa shape index (κ1) is 16.0. The van der Waals surface area contributed by atoms with Crippen molar-refractivity contribution in [2.45, 2.75) is 13.8 Å². The van der Waals surface area contributed by atoms with Gasteiger partial charge in [-0.25, -0.2) is 9.78 Å². The van der Waals surface area contributed by atoms with E-state index in [2.05, 4.69) is 20.4 Å². The second-order valence-corrected chi connectivity index (χ2v) is 5.82. The number of carbonyl (C=O) groups is 2. The zero-order valence-corrected chi connectivity index (χ0v) is 13.4. The van der Waals surface area contributed by atoms with Gasteiger partial charge in [0.15, 0.2) is 5.13 Å².